The highest BCUT2D eigenvalue weighted by Gasteiger charge is 2.39. The smallest absolute Gasteiger partial charge is 0.349 e. The molecule has 1 aliphatic rings. The highest BCUT2D eigenvalue weighted by Crippen LogP contribution is 2.44. The van der Waals surface area contributed by atoms with Gasteiger partial charge in [0.25, 0.3) is 5.56 Å². The largest absolute Gasteiger partial charge is 0.454 e. The van der Waals surface area contributed by atoms with Gasteiger partial charge in [0.15, 0.2) is 5.75 Å². The van der Waals surface area contributed by atoms with Crippen LogP contribution < -0.4 is 21.3 Å². The Balaban J connectivity index is 1.56. The molecule has 0 radical (unpaired) electrons. The molecule has 0 atom stereocenters. The maximum absolute atomic E-state index is 12.2. The average Bonchev–Trinajstić information content (AvgIpc) is 3.21. The number of halogens is 2. The van der Waals surface area contributed by atoms with E-state index in [4.69, 9.17) is 33.2 Å². The maximum Gasteiger partial charge on any atom is 0.349 e. The summed E-state index contributed by atoms with van der Waals surface area (Å²) in [6, 6.07) is 10.2. The topological polar surface area (TPSA) is 129 Å². The number of nitriles is 1. The number of aromatic amines is 2. The Bertz CT molecular complexity index is 1680. The summed E-state index contributed by atoms with van der Waals surface area (Å²) < 4.78 is 6.95. The van der Waals surface area contributed by atoms with Gasteiger partial charge in [-0.1, -0.05) is 37.0 Å². The molecular formula is C25H22Cl2N6O3. The van der Waals surface area contributed by atoms with Crippen LogP contribution in [0.1, 0.15) is 44.6 Å². The van der Waals surface area contributed by atoms with Gasteiger partial charge in [0.05, 0.1) is 21.3 Å². The van der Waals surface area contributed by atoms with Gasteiger partial charge in [0, 0.05) is 28.6 Å². The van der Waals surface area contributed by atoms with Gasteiger partial charge in [-0.15, -0.1) is 5.10 Å². The van der Waals surface area contributed by atoms with E-state index in [0.29, 0.717) is 5.75 Å². The molecule has 36 heavy (non-hydrogen) atoms. The van der Waals surface area contributed by atoms with E-state index in [-0.39, 0.29) is 32.4 Å². The Labute approximate surface area is 215 Å². The third kappa shape index (κ3) is 3.88. The first-order valence-corrected chi connectivity index (χ1v) is 11.9. The summed E-state index contributed by atoms with van der Waals surface area (Å²) in [7, 11) is 0. The van der Waals surface area contributed by atoms with Crippen molar-refractivity contribution < 1.29 is 4.74 Å². The van der Waals surface area contributed by atoms with E-state index < -0.39 is 16.9 Å². The third-order valence-corrected chi connectivity index (χ3v) is 6.99. The first kappa shape index (κ1) is 24.1. The van der Waals surface area contributed by atoms with E-state index in [1.54, 1.807) is 6.07 Å². The number of hydrogen-bond acceptors (Lipinski definition) is 6. The molecule has 2 aromatic carbocycles. The molecule has 0 saturated carbocycles. The number of H-pyrrole nitrogens is 2. The Morgan fingerprint density at radius 2 is 1.78 bits per heavy atom. The quantitative estimate of drug-likeness (QED) is 0.362. The fourth-order valence-electron chi connectivity index (χ4n) is 4.56. The van der Waals surface area contributed by atoms with E-state index in [2.05, 4.69) is 43.1 Å². The average molecular weight is 525 g/mol. The van der Waals surface area contributed by atoms with Gasteiger partial charge in [-0.05, 0) is 49.7 Å². The number of fused-ring (bicyclic) bond motifs is 3. The van der Waals surface area contributed by atoms with Crippen LogP contribution in [0.2, 0.25) is 10.0 Å². The van der Waals surface area contributed by atoms with Crippen LogP contribution in [0.5, 0.6) is 11.5 Å². The second-order valence-corrected chi connectivity index (χ2v) is 10.7. The van der Waals surface area contributed by atoms with Crippen LogP contribution in [0.4, 0.5) is 0 Å². The van der Waals surface area contributed by atoms with Crippen LogP contribution in [0, 0.1) is 11.3 Å². The Morgan fingerprint density at radius 1 is 1.08 bits per heavy atom. The van der Waals surface area contributed by atoms with E-state index in [1.807, 2.05) is 23.2 Å². The van der Waals surface area contributed by atoms with Crippen molar-refractivity contribution in [2.45, 2.75) is 38.6 Å². The van der Waals surface area contributed by atoms with E-state index in [9.17, 15) is 9.59 Å². The van der Waals surface area contributed by atoms with Gasteiger partial charge >= 0.3 is 5.69 Å². The fraction of sp³-hybridized carbons (Fsp3) is 0.280. The lowest BCUT2D eigenvalue weighted by Crippen LogP contribution is -2.50. The van der Waals surface area contributed by atoms with Crippen LogP contribution in [-0.4, -0.2) is 26.3 Å². The fourth-order valence-corrected chi connectivity index (χ4v) is 5.11. The lowest BCUT2D eigenvalue weighted by Gasteiger charge is -2.40. The SMILES string of the molecule is CC1(C)CNC(C)(C)c2[nH]c3ccc(Oc4c(Cl)cc(-n5nc(C#N)c(=O)[nH]c5=O)cc4Cl)cc3c21. The molecule has 4 aromatic rings. The zero-order valence-corrected chi connectivity index (χ0v) is 21.4. The standard InChI is InChI=1S/C25H22Cl2N6O3/c1-24(2)11-29-25(3,4)21-19(24)14-9-13(5-6-17(14)30-21)36-20-15(26)7-12(8-16(20)27)33-23(35)31-22(34)18(10-28)32-33/h5-9,29-30H,11H2,1-4H3,(H,31,34,35). The van der Waals surface area contributed by atoms with Crippen LogP contribution >= 0.6 is 23.2 Å². The Kier molecular flexibility index (Phi) is 5.52. The first-order chi connectivity index (χ1) is 16.9. The number of benzene rings is 2. The lowest BCUT2D eigenvalue weighted by atomic mass is 9.75. The Morgan fingerprint density at radius 3 is 2.44 bits per heavy atom. The summed E-state index contributed by atoms with van der Waals surface area (Å²) in [4.78, 5) is 29.5. The van der Waals surface area contributed by atoms with Crippen molar-refractivity contribution in [3.8, 4) is 23.3 Å². The van der Waals surface area contributed by atoms with Crippen molar-refractivity contribution in [3.05, 3.63) is 78.2 Å². The van der Waals surface area contributed by atoms with Crippen molar-refractivity contribution in [1.82, 2.24) is 25.1 Å². The van der Waals surface area contributed by atoms with Crippen molar-refractivity contribution in [2.75, 3.05) is 6.54 Å². The molecular weight excluding hydrogens is 503 g/mol. The molecule has 0 saturated heterocycles. The van der Waals surface area contributed by atoms with Crippen molar-refractivity contribution in [2.24, 2.45) is 0 Å². The van der Waals surface area contributed by atoms with E-state index >= 15 is 0 Å². The molecule has 5 rings (SSSR count). The van der Waals surface area contributed by atoms with Gasteiger partial charge in [-0.25, -0.2) is 4.79 Å². The monoisotopic (exact) mass is 524 g/mol. The predicted molar refractivity (Wildman–Crippen MR) is 138 cm³/mol. The highest BCUT2D eigenvalue weighted by atomic mass is 35.5. The zero-order chi connectivity index (χ0) is 26.0. The number of rotatable bonds is 3. The zero-order valence-electron chi connectivity index (χ0n) is 19.9. The summed E-state index contributed by atoms with van der Waals surface area (Å²) in [5.41, 5.74) is 1.07. The molecule has 0 aliphatic carbocycles. The number of aromatic nitrogens is 4. The van der Waals surface area contributed by atoms with Crippen molar-refractivity contribution in [3.63, 3.8) is 0 Å². The lowest BCUT2D eigenvalue weighted by molar-refractivity contribution is 0.304. The van der Waals surface area contributed by atoms with Gasteiger partial charge < -0.3 is 15.0 Å². The van der Waals surface area contributed by atoms with Crippen LogP contribution in [0.3, 0.4) is 0 Å². The number of hydrogen-bond donors (Lipinski definition) is 3. The minimum absolute atomic E-state index is 0.0993. The Hall–Kier alpha value is -3.58. The summed E-state index contributed by atoms with van der Waals surface area (Å²) in [5.74, 6) is 0.740. The molecule has 184 valence electrons. The summed E-state index contributed by atoms with van der Waals surface area (Å²) in [6.45, 7) is 9.53. The van der Waals surface area contributed by atoms with Gasteiger partial charge in [-0.2, -0.15) is 9.94 Å². The van der Waals surface area contributed by atoms with E-state index in [1.165, 1.54) is 17.7 Å². The highest BCUT2D eigenvalue weighted by molar-refractivity contribution is 6.37. The van der Waals surface area contributed by atoms with Crippen molar-refractivity contribution >= 4 is 34.1 Å². The third-order valence-electron chi connectivity index (χ3n) is 6.43. The van der Waals surface area contributed by atoms with Crippen molar-refractivity contribution in [1.29, 1.82) is 5.26 Å². The minimum Gasteiger partial charge on any atom is -0.454 e. The summed E-state index contributed by atoms with van der Waals surface area (Å²) >= 11 is 13.0. The van der Waals surface area contributed by atoms with Crippen LogP contribution in [-0.2, 0) is 11.0 Å². The molecule has 1 aliphatic heterocycles. The van der Waals surface area contributed by atoms with E-state index in [0.717, 1.165) is 27.8 Å². The molecule has 0 fully saturated rings. The second-order valence-electron chi connectivity index (χ2n) is 9.92. The second kappa shape index (κ2) is 8.23. The number of nitrogens with zero attached hydrogens (tertiary/aromatic N) is 3. The molecule has 11 heteroatoms. The molecule has 3 N–H and O–H groups in total. The normalized spacial score (nSPS) is 15.9. The van der Waals surface area contributed by atoms with Gasteiger partial charge in [-0.3, -0.25) is 9.78 Å². The molecule has 3 heterocycles. The predicted octanol–water partition coefficient (Wildman–Crippen LogP) is 4.49. The minimum atomic E-state index is -0.874. The van der Waals surface area contributed by atoms with Crippen LogP contribution in [0.25, 0.3) is 16.6 Å². The first-order valence-electron chi connectivity index (χ1n) is 11.1. The molecule has 0 bridgehead atoms. The number of ether oxygens (including phenoxy) is 1. The molecule has 2 aromatic heterocycles. The van der Waals surface area contributed by atoms with Gasteiger partial charge in [0.2, 0.25) is 5.69 Å². The molecule has 9 nitrogen and oxygen atoms in total. The number of nitrogens with one attached hydrogen (secondary N) is 3. The maximum atomic E-state index is 12.2. The molecule has 0 unspecified atom stereocenters. The molecule has 0 amide bonds. The van der Waals surface area contributed by atoms with Crippen LogP contribution in [0.15, 0.2) is 39.9 Å². The van der Waals surface area contributed by atoms with Gasteiger partial charge in [0.1, 0.15) is 11.8 Å². The summed E-state index contributed by atoms with van der Waals surface area (Å²) in [5, 5.41) is 17.8. The molecule has 0 spiro atoms. The summed E-state index contributed by atoms with van der Waals surface area (Å²) in [6.07, 6.45) is 0.